The fraction of sp³-hybridized carbons (Fsp3) is 0.714. The zero-order chi connectivity index (χ0) is 13.9. The molecule has 1 aromatic rings. The summed E-state index contributed by atoms with van der Waals surface area (Å²) in [5.41, 5.74) is 6.11. The molecule has 5 nitrogen and oxygen atoms in total. The van der Waals surface area contributed by atoms with Gasteiger partial charge >= 0.3 is 0 Å². The molecule has 22 heavy (non-hydrogen) atoms. The Morgan fingerprint density at radius 1 is 1.27 bits per heavy atom. The molecule has 0 aromatic carbocycles. The first-order chi connectivity index (χ1) is 9.76. The highest BCUT2D eigenvalue weighted by Gasteiger charge is 2.28. The molecule has 0 atom stereocenters. The fourth-order valence-corrected chi connectivity index (χ4v) is 3.40. The van der Waals surface area contributed by atoms with Gasteiger partial charge in [0.05, 0.1) is 5.01 Å². The van der Waals surface area contributed by atoms with Crippen LogP contribution in [-0.2, 0) is 6.42 Å². The summed E-state index contributed by atoms with van der Waals surface area (Å²) in [7, 11) is 0. The Morgan fingerprint density at radius 3 is 2.55 bits per heavy atom. The first kappa shape index (κ1) is 19.6. The van der Waals surface area contributed by atoms with Crippen LogP contribution in [0, 0.1) is 5.92 Å². The van der Waals surface area contributed by atoms with Crippen LogP contribution in [0.2, 0.25) is 0 Å². The lowest BCUT2D eigenvalue weighted by Crippen LogP contribution is -2.49. The summed E-state index contributed by atoms with van der Waals surface area (Å²) in [6.45, 7) is 5.47. The number of nitrogens with two attached hydrogens (primary N) is 1. The van der Waals surface area contributed by atoms with Crippen molar-refractivity contribution in [2.75, 3.05) is 39.3 Å². The second-order valence-corrected chi connectivity index (χ2v) is 6.64. The van der Waals surface area contributed by atoms with Gasteiger partial charge in [-0.25, -0.2) is 4.98 Å². The molecule has 2 N–H and O–H groups in total. The molecule has 1 aliphatic heterocycles. The van der Waals surface area contributed by atoms with Crippen LogP contribution in [0.3, 0.4) is 0 Å². The minimum atomic E-state index is 0. The normalized spacial score (nSPS) is 18.5. The van der Waals surface area contributed by atoms with E-state index in [4.69, 9.17) is 5.73 Å². The van der Waals surface area contributed by atoms with Crippen LogP contribution >= 0.6 is 36.2 Å². The molecular weight excluding hydrogens is 343 g/mol. The van der Waals surface area contributed by atoms with E-state index < -0.39 is 0 Å². The molecule has 2 heterocycles. The summed E-state index contributed by atoms with van der Waals surface area (Å²) in [4.78, 5) is 21.2. The molecule has 2 fully saturated rings. The van der Waals surface area contributed by atoms with Crippen LogP contribution in [0.1, 0.15) is 28.3 Å². The van der Waals surface area contributed by atoms with Crippen LogP contribution < -0.4 is 5.73 Å². The van der Waals surface area contributed by atoms with E-state index >= 15 is 0 Å². The maximum Gasteiger partial charge on any atom is 0.273 e. The molecule has 1 saturated carbocycles. The quantitative estimate of drug-likeness (QED) is 0.860. The molecule has 1 amide bonds. The molecule has 126 valence electrons. The SMILES string of the molecule is Cl.Cl.NCCc1nc(C(=O)N2CCN(CC3CC3)CC2)cs1. The third-order valence-electron chi connectivity index (χ3n) is 4.00. The number of piperazine rings is 1. The minimum absolute atomic E-state index is 0. The lowest BCUT2D eigenvalue weighted by Gasteiger charge is -2.34. The number of thiazole rings is 1. The second kappa shape index (κ2) is 9.03. The number of aromatic nitrogens is 1. The van der Waals surface area contributed by atoms with Gasteiger partial charge in [0.15, 0.2) is 0 Å². The fourth-order valence-electron chi connectivity index (χ4n) is 2.61. The highest BCUT2D eigenvalue weighted by Crippen LogP contribution is 2.30. The van der Waals surface area contributed by atoms with Crippen molar-refractivity contribution in [1.82, 2.24) is 14.8 Å². The smallest absolute Gasteiger partial charge is 0.273 e. The summed E-state index contributed by atoms with van der Waals surface area (Å²) >= 11 is 1.53. The summed E-state index contributed by atoms with van der Waals surface area (Å²) in [5.74, 6) is 1.00. The molecule has 3 rings (SSSR count). The summed E-state index contributed by atoms with van der Waals surface area (Å²) in [6, 6.07) is 0. The summed E-state index contributed by atoms with van der Waals surface area (Å²) in [6.07, 6.45) is 3.54. The lowest BCUT2D eigenvalue weighted by atomic mass is 10.2. The molecule has 1 aromatic heterocycles. The van der Waals surface area contributed by atoms with Gasteiger partial charge in [-0.2, -0.15) is 0 Å². The Morgan fingerprint density at radius 2 is 1.95 bits per heavy atom. The summed E-state index contributed by atoms with van der Waals surface area (Å²) in [5, 5.41) is 2.83. The molecule has 2 aliphatic rings. The second-order valence-electron chi connectivity index (χ2n) is 5.70. The van der Waals surface area contributed by atoms with Crippen LogP contribution in [0.4, 0.5) is 0 Å². The highest BCUT2D eigenvalue weighted by atomic mass is 35.5. The van der Waals surface area contributed by atoms with E-state index in [1.54, 1.807) is 0 Å². The van der Waals surface area contributed by atoms with E-state index in [1.165, 1.54) is 30.7 Å². The van der Waals surface area contributed by atoms with Crippen molar-refractivity contribution in [3.63, 3.8) is 0 Å². The van der Waals surface area contributed by atoms with Crippen molar-refractivity contribution in [3.05, 3.63) is 16.1 Å². The van der Waals surface area contributed by atoms with Crippen LogP contribution in [0.25, 0.3) is 0 Å². The van der Waals surface area contributed by atoms with Gasteiger partial charge in [0.2, 0.25) is 0 Å². The highest BCUT2D eigenvalue weighted by molar-refractivity contribution is 7.09. The Hall–Kier alpha value is -0.400. The van der Waals surface area contributed by atoms with Crippen molar-refractivity contribution in [3.8, 4) is 0 Å². The van der Waals surface area contributed by atoms with Gasteiger partial charge in [-0.05, 0) is 25.3 Å². The molecule has 8 heteroatoms. The molecular formula is C14H24Cl2N4OS. The predicted molar refractivity (Wildman–Crippen MR) is 94.4 cm³/mol. The number of hydrogen-bond acceptors (Lipinski definition) is 5. The number of carbonyl (C=O) groups excluding carboxylic acids is 1. The van der Waals surface area contributed by atoms with Gasteiger partial charge in [0.1, 0.15) is 5.69 Å². The zero-order valence-corrected chi connectivity index (χ0v) is 15.0. The van der Waals surface area contributed by atoms with Gasteiger partial charge < -0.3 is 10.6 Å². The number of nitrogens with zero attached hydrogens (tertiary/aromatic N) is 3. The number of hydrogen-bond donors (Lipinski definition) is 1. The Bertz CT molecular complexity index is 473. The van der Waals surface area contributed by atoms with Crippen molar-refractivity contribution in [2.45, 2.75) is 19.3 Å². The van der Waals surface area contributed by atoms with Crippen molar-refractivity contribution >= 4 is 42.1 Å². The van der Waals surface area contributed by atoms with E-state index in [9.17, 15) is 4.79 Å². The molecule has 0 bridgehead atoms. The molecule has 0 spiro atoms. The predicted octanol–water partition coefficient (Wildman–Crippen LogP) is 1.66. The molecule has 1 saturated heterocycles. The monoisotopic (exact) mass is 366 g/mol. The van der Waals surface area contributed by atoms with Crippen molar-refractivity contribution in [1.29, 1.82) is 0 Å². The van der Waals surface area contributed by atoms with E-state index in [0.717, 1.165) is 43.5 Å². The van der Waals surface area contributed by atoms with Gasteiger partial charge in [-0.1, -0.05) is 0 Å². The van der Waals surface area contributed by atoms with Gasteiger partial charge in [-0.15, -0.1) is 36.2 Å². The summed E-state index contributed by atoms with van der Waals surface area (Å²) < 4.78 is 0. The molecule has 0 unspecified atom stereocenters. The van der Waals surface area contributed by atoms with Gasteiger partial charge in [0.25, 0.3) is 5.91 Å². The Kier molecular flexibility index (Phi) is 8.07. The average Bonchev–Trinajstić information content (AvgIpc) is 3.15. The zero-order valence-electron chi connectivity index (χ0n) is 12.6. The largest absolute Gasteiger partial charge is 0.335 e. The minimum Gasteiger partial charge on any atom is -0.335 e. The maximum atomic E-state index is 12.4. The van der Waals surface area contributed by atoms with Gasteiger partial charge in [-0.3, -0.25) is 9.69 Å². The van der Waals surface area contributed by atoms with Crippen LogP contribution in [-0.4, -0.2) is 60.0 Å². The maximum absolute atomic E-state index is 12.4. The Balaban J connectivity index is 0.00000121. The van der Waals surface area contributed by atoms with Crippen molar-refractivity contribution < 1.29 is 4.79 Å². The van der Waals surface area contributed by atoms with E-state index in [2.05, 4.69) is 9.88 Å². The van der Waals surface area contributed by atoms with E-state index in [-0.39, 0.29) is 30.7 Å². The number of amides is 1. The Labute approximate surface area is 148 Å². The lowest BCUT2D eigenvalue weighted by molar-refractivity contribution is 0.0627. The third-order valence-corrected chi connectivity index (χ3v) is 4.91. The number of carbonyl (C=O) groups is 1. The topological polar surface area (TPSA) is 62.5 Å². The number of rotatable bonds is 5. The number of halogens is 2. The van der Waals surface area contributed by atoms with Gasteiger partial charge in [0, 0.05) is 44.5 Å². The molecule has 1 aliphatic carbocycles. The first-order valence-electron chi connectivity index (χ1n) is 7.42. The average molecular weight is 367 g/mol. The standard InChI is InChI=1S/C14H22N4OS.2ClH/c15-4-3-13-16-12(10-20-13)14(19)18-7-5-17(6-8-18)9-11-1-2-11;;/h10-11H,1-9,15H2;2*1H. The van der Waals surface area contributed by atoms with E-state index in [0.29, 0.717) is 12.2 Å². The van der Waals surface area contributed by atoms with Crippen LogP contribution in [0.15, 0.2) is 5.38 Å². The third kappa shape index (κ3) is 5.06. The van der Waals surface area contributed by atoms with Crippen LogP contribution in [0.5, 0.6) is 0 Å². The first-order valence-corrected chi connectivity index (χ1v) is 8.30. The van der Waals surface area contributed by atoms with Crippen molar-refractivity contribution in [2.24, 2.45) is 11.7 Å². The van der Waals surface area contributed by atoms with E-state index in [1.807, 2.05) is 10.3 Å². The molecule has 0 radical (unpaired) electrons.